The Bertz CT molecular complexity index is 690. The molecule has 1 unspecified atom stereocenters. The van der Waals surface area contributed by atoms with Crippen molar-refractivity contribution in [2.24, 2.45) is 0 Å². The van der Waals surface area contributed by atoms with Gasteiger partial charge in [0.05, 0.1) is 6.10 Å². The van der Waals surface area contributed by atoms with E-state index in [1.807, 2.05) is 13.0 Å². The summed E-state index contributed by atoms with van der Waals surface area (Å²) in [5.41, 5.74) is 4.68. The van der Waals surface area contributed by atoms with Crippen LogP contribution in [0.2, 0.25) is 0 Å². The lowest BCUT2D eigenvalue weighted by Gasteiger charge is -2.10. The fraction of sp³-hybridized carbons (Fsp3) is 0.214. The topological polar surface area (TPSA) is 63.7 Å². The van der Waals surface area contributed by atoms with E-state index in [4.69, 9.17) is 4.74 Å². The van der Waals surface area contributed by atoms with Gasteiger partial charge in [-0.2, -0.15) is 10.3 Å². The molecule has 1 N–H and O–H groups in total. The Balaban J connectivity index is 1.96. The number of fused-ring (bicyclic) bond motifs is 1. The molecule has 0 radical (unpaired) electrons. The molecule has 0 fully saturated rings. The lowest BCUT2D eigenvalue weighted by Crippen LogP contribution is -1.95. The molecule has 0 saturated heterocycles. The number of pyridine rings is 1. The Morgan fingerprint density at radius 3 is 2.63 bits per heavy atom. The van der Waals surface area contributed by atoms with E-state index in [0.717, 1.165) is 22.2 Å². The molecule has 1 aromatic carbocycles. The number of nitrogens with zero attached hydrogens (tertiary/aromatic N) is 3. The summed E-state index contributed by atoms with van der Waals surface area (Å²) in [4.78, 5) is 4.26. The first-order valence-corrected chi connectivity index (χ1v) is 6.07. The Morgan fingerprint density at radius 2 is 1.89 bits per heavy atom. The molecule has 2 heterocycles. The van der Waals surface area contributed by atoms with Crippen molar-refractivity contribution >= 4 is 11.2 Å². The maximum Gasteiger partial charge on any atom is 0.201 e. The van der Waals surface area contributed by atoms with Crippen molar-refractivity contribution in [1.82, 2.24) is 20.4 Å². The average Bonchev–Trinajstić information content (AvgIpc) is 2.94. The highest BCUT2D eigenvalue weighted by atomic mass is 16.5. The van der Waals surface area contributed by atoms with Gasteiger partial charge in [0.25, 0.3) is 0 Å². The van der Waals surface area contributed by atoms with Crippen molar-refractivity contribution < 1.29 is 4.74 Å². The zero-order chi connectivity index (χ0) is 13.2. The standard InChI is InChI=1S/C14H14N4O/c1-9(19-2)10-3-5-11(6-4-10)12-7-13-14(15-8-12)17-18-16-13/h3-9H,1-2H3,(H,15,16,17,18). The minimum Gasteiger partial charge on any atom is -0.377 e. The summed E-state index contributed by atoms with van der Waals surface area (Å²) < 4.78 is 5.29. The summed E-state index contributed by atoms with van der Waals surface area (Å²) >= 11 is 0. The number of nitrogens with one attached hydrogen (secondary N) is 1. The van der Waals surface area contributed by atoms with Gasteiger partial charge in [-0.3, -0.25) is 0 Å². The van der Waals surface area contributed by atoms with Gasteiger partial charge in [-0.1, -0.05) is 24.3 Å². The lowest BCUT2D eigenvalue weighted by molar-refractivity contribution is 0.119. The van der Waals surface area contributed by atoms with Gasteiger partial charge in [0.2, 0.25) is 5.65 Å². The number of rotatable bonds is 3. The highest BCUT2D eigenvalue weighted by molar-refractivity contribution is 5.76. The van der Waals surface area contributed by atoms with Crippen molar-refractivity contribution in [2.45, 2.75) is 13.0 Å². The third-order valence-corrected chi connectivity index (χ3v) is 3.24. The van der Waals surface area contributed by atoms with Gasteiger partial charge in [0, 0.05) is 18.9 Å². The fourth-order valence-corrected chi connectivity index (χ4v) is 1.98. The average molecular weight is 254 g/mol. The molecule has 96 valence electrons. The molecule has 5 nitrogen and oxygen atoms in total. The van der Waals surface area contributed by atoms with Crippen LogP contribution in [0.5, 0.6) is 0 Å². The lowest BCUT2D eigenvalue weighted by atomic mass is 10.0. The van der Waals surface area contributed by atoms with Gasteiger partial charge in [0.1, 0.15) is 5.52 Å². The monoisotopic (exact) mass is 254 g/mol. The van der Waals surface area contributed by atoms with Crippen LogP contribution in [-0.2, 0) is 4.74 Å². The number of H-pyrrole nitrogens is 1. The van der Waals surface area contributed by atoms with Crippen LogP contribution in [0.1, 0.15) is 18.6 Å². The molecule has 0 spiro atoms. The maximum atomic E-state index is 5.29. The van der Waals surface area contributed by atoms with E-state index in [2.05, 4.69) is 44.7 Å². The molecule has 0 aliphatic carbocycles. The molecule has 0 bridgehead atoms. The van der Waals surface area contributed by atoms with Crippen LogP contribution in [-0.4, -0.2) is 27.5 Å². The molecule has 3 rings (SSSR count). The number of hydrogen-bond donors (Lipinski definition) is 1. The van der Waals surface area contributed by atoms with Crippen LogP contribution in [0.3, 0.4) is 0 Å². The number of ether oxygens (including phenoxy) is 1. The molecule has 1 atom stereocenters. The van der Waals surface area contributed by atoms with E-state index in [1.165, 1.54) is 0 Å². The number of aromatic nitrogens is 4. The van der Waals surface area contributed by atoms with Crippen molar-refractivity contribution in [3.8, 4) is 11.1 Å². The SMILES string of the molecule is COC(C)c1ccc(-c2cnc3n[nH]nc3c2)cc1. The highest BCUT2D eigenvalue weighted by Gasteiger charge is 2.06. The molecule has 19 heavy (non-hydrogen) atoms. The summed E-state index contributed by atoms with van der Waals surface area (Å²) in [6, 6.07) is 10.2. The number of methoxy groups -OCH3 is 1. The van der Waals surface area contributed by atoms with Gasteiger partial charge < -0.3 is 4.74 Å². The van der Waals surface area contributed by atoms with E-state index in [9.17, 15) is 0 Å². The summed E-state index contributed by atoms with van der Waals surface area (Å²) in [5, 5.41) is 10.6. The Hall–Kier alpha value is -2.27. The first-order chi connectivity index (χ1) is 9.28. The third kappa shape index (κ3) is 2.20. The van der Waals surface area contributed by atoms with Crippen LogP contribution in [0.25, 0.3) is 22.3 Å². The van der Waals surface area contributed by atoms with Crippen LogP contribution >= 0.6 is 0 Å². The van der Waals surface area contributed by atoms with Crippen molar-refractivity contribution in [3.63, 3.8) is 0 Å². The fourth-order valence-electron chi connectivity index (χ4n) is 1.98. The minimum absolute atomic E-state index is 0.102. The number of aromatic amines is 1. The van der Waals surface area contributed by atoms with Crippen LogP contribution in [0, 0.1) is 0 Å². The molecule has 0 amide bonds. The van der Waals surface area contributed by atoms with Crippen LogP contribution in [0.15, 0.2) is 36.5 Å². The van der Waals surface area contributed by atoms with Gasteiger partial charge in [0.15, 0.2) is 0 Å². The molecule has 0 saturated carbocycles. The first-order valence-electron chi connectivity index (χ1n) is 6.07. The molecule has 0 aliphatic rings. The van der Waals surface area contributed by atoms with E-state index in [-0.39, 0.29) is 6.10 Å². The summed E-state index contributed by atoms with van der Waals surface area (Å²) in [6.45, 7) is 2.03. The zero-order valence-electron chi connectivity index (χ0n) is 10.8. The van der Waals surface area contributed by atoms with Crippen molar-refractivity contribution in [3.05, 3.63) is 42.1 Å². The van der Waals surface area contributed by atoms with Crippen molar-refractivity contribution in [1.29, 1.82) is 0 Å². The molecule has 2 aromatic heterocycles. The van der Waals surface area contributed by atoms with Gasteiger partial charge >= 0.3 is 0 Å². The molecule has 3 aromatic rings. The normalized spacial score (nSPS) is 12.7. The van der Waals surface area contributed by atoms with Gasteiger partial charge in [-0.05, 0) is 24.1 Å². The van der Waals surface area contributed by atoms with Gasteiger partial charge in [-0.15, -0.1) is 5.10 Å². The number of benzene rings is 1. The van der Waals surface area contributed by atoms with Crippen LogP contribution in [0.4, 0.5) is 0 Å². The maximum absolute atomic E-state index is 5.29. The predicted molar refractivity (Wildman–Crippen MR) is 72.5 cm³/mol. The Labute approximate surface area is 110 Å². The first kappa shape index (κ1) is 11.8. The Kier molecular flexibility index (Phi) is 2.97. The summed E-state index contributed by atoms with van der Waals surface area (Å²) in [5.74, 6) is 0. The van der Waals surface area contributed by atoms with Gasteiger partial charge in [-0.25, -0.2) is 4.98 Å². The largest absolute Gasteiger partial charge is 0.377 e. The Morgan fingerprint density at radius 1 is 1.11 bits per heavy atom. The molecule has 0 aliphatic heterocycles. The summed E-state index contributed by atoms with van der Waals surface area (Å²) in [7, 11) is 1.71. The molecular formula is C14H14N4O. The summed E-state index contributed by atoms with van der Waals surface area (Å²) in [6.07, 6.45) is 1.91. The van der Waals surface area contributed by atoms with E-state index < -0.39 is 0 Å². The smallest absolute Gasteiger partial charge is 0.201 e. The van der Waals surface area contributed by atoms with Crippen molar-refractivity contribution in [2.75, 3.05) is 7.11 Å². The van der Waals surface area contributed by atoms with Crippen LogP contribution < -0.4 is 0 Å². The highest BCUT2D eigenvalue weighted by Crippen LogP contribution is 2.23. The minimum atomic E-state index is 0.102. The second kappa shape index (κ2) is 4.78. The van der Waals surface area contributed by atoms with E-state index in [0.29, 0.717) is 5.65 Å². The van der Waals surface area contributed by atoms with E-state index >= 15 is 0 Å². The second-order valence-corrected chi connectivity index (χ2v) is 4.39. The second-order valence-electron chi connectivity index (χ2n) is 4.39. The zero-order valence-corrected chi connectivity index (χ0v) is 10.8. The molecular weight excluding hydrogens is 240 g/mol. The predicted octanol–water partition coefficient (Wildman–Crippen LogP) is 2.73. The number of hydrogen-bond acceptors (Lipinski definition) is 4. The molecule has 5 heteroatoms. The quantitative estimate of drug-likeness (QED) is 0.780. The van der Waals surface area contributed by atoms with E-state index in [1.54, 1.807) is 13.3 Å². The third-order valence-electron chi connectivity index (χ3n) is 3.24.